The predicted octanol–water partition coefficient (Wildman–Crippen LogP) is 2.52. The minimum Gasteiger partial charge on any atom is -0.408 e. The van der Waals surface area contributed by atoms with E-state index in [4.69, 9.17) is 4.42 Å². The van der Waals surface area contributed by atoms with Crippen molar-refractivity contribution < 1.29 is 14.3 Å². The van der Waals surface area contributed by atoms with E-state index in [0.717, 1.165) is 35.2 Å². The lowest BCUT2D eigenvalue weighted by molar-refractivity contribution is -0.121. The lowest BCUT2D eigenvalue weighted by Crippen LogP contribution is -2.38. The number of β-amino-alcohol motifs (C(OH)–C–C–N with tert-alkyl or cyclic N) is 1. The van der Waals surface area contributed by atoms with Crippen molar-refractivity contribution in [3.8, 4) is 11.4 Å². The third kappa shape index (κ3) is 7.10. The highest BCUT2D eigenvalue weighted by atomic mass is 32.1. The van der Waals surface area contributed by atoms with Gasteiger partial charge in [0, 0.05) is 25.2 Å². The average molecular weight is 608 g/mol. The molecule has 2 atom stereocenters. The number of aliphatic hydroxyl groups excluding tert-OH is 1. The Hall–Kier alpha value is -3.91. The summed E-state index contributed by atoms with van der Waals surface area (Å²) in [6, 6.07) is 22.6. The number of hydrogen-bond acceptors (Lipinski definition) is 8. The van der Waals surface area contributed by atoms with Crippen LogP contribution in [-0.2, 0) is 17.8 Å². The largest absolute Gasteiger partial charge is 0.420 e. The van der Waals surface area contributed by atoms with Gasteiger partial charge >= 0.3 is 5.76 Å². The summed E-state index contributed by atoms with van der Waals surface area (Å²) in [7, 11) is 0. The van der Waals surface area contributed by atoms with E-state index in [1.807, 2.05) is 60.7 Å². The van der Waals surface area contributed by atoms with Crippen molar-refractivity contribution in [3.05, 3.63) is 100 Å². The van der Waals surface area contributed by atoms with Crippen molar-refractivity contribution in [2.24, 2.45) is 0 Å². The molecule has 3 aromatic carbocycles. The highest BCUT2D eigenvalue weighted by Crippen LogP contribution is 2.21. The van der Waals surface area contributed by atoms with Crippen LogP contribution < -0.4 is 11.1 Å². The number of carbonyl (C=O) groups is 1. The lowest BCUT2D eigenvalue weighted by atomic mass is 10.1. The Bertz CT molecular complexity index is 1670. The first-order valence-corrected chi connectivity index (χ1v) is 13.2. The smallest absolute Gasteiger partial charge is 0.408 e. The van der Waals surface area contributed by atoms with Gasteiger partial charge in [0.15, 0.2) is 5.58 Å². The lowest BCUT2D eigenvalue weighted by Gasteiger charge is -2.25. The molecule has 6 rings (SSSR count). The maximum absolute atomic E-state index is 13.2. The Kier molecular flexibility index (Phi) is 10.2. The number of likely N-dealkylation sites (tertiary alicyclic amines) is 1. The maximum Gasteiger partial charge on any atom is 0.420 e. The van der Waals surface area contributed by atoms with Crippen LogP contribution in [-0.4, -0.2) is 66.8 Å². The van der Waals surface area contributed by atoms with Gasteiger partial charge in [-0.3, -0.25) is 14.3 Å². The van der Waals surface area contributed by atoms with Crippen LogP contribution >= 0.6 is 27.0 Å². The number of tetrazole rings is 1. The maximum atomic E-state index is 13.2. The molecule has 0 bridgehead atoms. The Balaban J connectivity index is 0.00000202. The van der Waals surface area contributed by atoms with Crippen LogP contribution in [0.4, 0.5) is 0 Å². The topological polar surface area (TPSA) is 142 Å². The standard InChI is InChI=1S/C29H29N7O4.2H2S/c37-23-11-12-35(17-23)18-24(21-6-2-1-3-7-21)30-27(38)15-19-9-10-26-25(14-19)36(29(39)40-26)16-20-5-4-8-22(13-20)28-31-33-34-32-28;;/h1-10,13-14,23-24,37H,11-12,15-18H2,(H,30,38)(H,31,32,33,34);2*1H2/t23-,24+;;/m0../s1. The molecule has 0 aliphatic carbocycles. The van der Waals surface area contributed by atoms with Gasteiger partial charge in [-0.2, -0.15) is 32.2 Å². The molecular weight excluding hydrogens is 574 g/mol. The number of amides is 1. The van der Waals surface area contributed by atoms with Gasteiger partial charge in [0.25, 0.3) is 0 Å². The molecule has 3 N–H and O–H groups in total. The molecule has 1 saturated heterocycles. The van der Waals surface area contributed by atoms with Crippen LogP contribution in [0.1, 0.15) is 29.2 Å². The van der Waals surface area contributed by atoms with Gasteiger partial charge in [-0.05, 0) is 46.5 Å². The number of benzene rings is 3. The molecular formula is C29H33N7O4S2. The summed E-state index contributed by atoms with van der Waals surface area (Å²) in [6.45, 7) is 2.31. The normalized spacial score (nSPS) is 15.6. The fourth-order valence-corrected chi connectivity index (χ4v) is 5.23. The molecule has 11 nitrogen and oxygen atoms in total. The third-order valence-electron chi connectivity index (χ3n) is 7.19. The average Bonchev–Trinajstić information content (AvgIpc) is 3.71. The molecule has 2 aromatic heterocycles. The first kappa shape index (κ1) is 31.0. The second kappa shape index (κ2) is 13.8. The van der Waals surface area contributed by atoms with Gasteiger partial charge in [-0.1, -0.05) is 54.6 Å². The number of fused-ring (bicyclic) bond motifs is 1. The summed E-state index contributed by atoms with van der Waals surface area (Å²) < 4.78 is 7.03. The van der Waals surface area contributed by atoms with E-state index >= 15 is 0 Å². The summed E-state index contributed by atoms with van der Waals surface area (Å²) in [6.07, 6.45) is 0.561. The molecule has 42 heavy (non-hydrogen) atoms. The van der Waals surface area contributed by atoms with E-state index in [9.17, 15) is 14.7 Å². The van der Waals surface area contributed by atoms with Gasteiger partial charge in [0.05, 0.1) is 30.6 Å². The molecule has 0 spiro atoms. The SMILES string of the molecule is O=C(Cc1ccc2oc(=O)n(Cc3cccc(-c4nn[nH]n4)c3)c2c1)N[C@H](CN1CC[C@H](O)C1)c1ccccc1.S.S. The minimum atomic E-state index is -0.474. The zero-order chi connectivity index (χ0) is 27.5. The summed E-state index contributed by atoms with van der Waals surface area (Å²) in [5.41, 5.74) is 4.50. The Labute approximate surface area is 255 Å². The van der Waals surface area contributed by atoms with Gasteiger partial charge < -0.3 is 14.8 Å². The number of nitrogens with one attached hydrogen (secondary N) is 2. The molecule has 0 saturated carbocycles. The second-order valence-corrected chi connectivity index (χ2v) is 10.1. The second-order valence-electron chi connectivity index (χ2n) is 10.1. The van der Waals surface area contributed by atoms with Gasteiger partial charge in [-0.25, -0.2) is 4.79 Å². The number of oxazole rings is 1. The van der Waals surface area contributed by atoms with Crippen molar-refractivity contribution in [2.45, 2.75) is 31.5 Å². The third-order valence-corrected chi connectivity index (χ3v) is 7.19. The minimum absolute atomic E-state index is 0. The molecule has 5 aromatic rings. The van der Waals surface area contributed by atoms with Crippen LogP contribution in [0.15, 0.2) is 82.0 Å². The number of aromatic amines is 1. The zero-order valence-electron chi connectivity index (χ0n) is 22.7. The fraction of sp³-hybridized carbons (Fsp3) is 0.276. The molecule has 1 aliphatic rings. The van der Waals surface area contributed by atoms with Crippen LogP contribution in [0.5, 0.6) is 0 Å². The number of rotatable bonds is 9. The molecule has 1 fully saturated rings. The number of aliphatic hydroxyl groups is 1. The van der Waals surface area contributed by atoms with E-state index in [0.29, 0.717) is 30.0 Å². The Morgan fingerprint density at radius 2 is 1.90 bits per heavy atom. The highest BCUT2D eigenvalue weighted by molar-refractivity contribution is 7.59. The van der Waals surface area contributed by atoms with E-state index in [-0.39, 0.29) is 58.0 Å². The van der Waals surface area contributed by atoms with Gasteiger partial charge in [0.1, 0.15) is 0 Å². The molecule has 0 unspecified atom stereocenters. The number of hydrogen-bond donors (Lipinski definition) is 3. The quantitative estimate of drug-likeness (QED) is 0.232. The van der Waals surface area contributed by atoms with Crippen LogP contribution in [0.2, 0.25) is 0 Å². The molecule has 220 valence electrons. The van der Waals surface area contributed by atoms with E-state index in [2.05, 4.69) is 30.8 Å². The number of carbonyl (C=O) groups excluding carboxylic acids is 1. The molecule has 0 radical (unpaired) electrons. The molecule has 13 heteroatoms. The van der Waals surface area contributed by atoms with E-state index in [1.165, 1.54) is 0 Å². The number of H-pyrrole nitrogens is 1. The van der Waals surface area contributed by atoms with Crippen LogP contribution in [0.3, 0.4) is 0 Å². The number of nitrogens with zero attached hydrogens (tertiary/aromatic N) is 5. The van der Waals surface area contributed by atoms with Gasteiger partial charge in [0.2, 0.25) is 11.7 Å². The van der Waals surface area contributed by atoms with Crippen molar-refractivity contribution in [1.82, 2.24) is 35.4 Å². The highest BCUT2D eigenvalue weighted by Gasteiger charge is 2.25. The van der Waals surface area contributed by atoms with Gasteiger partial charge in [-0.15, -0.1) is 10.2 Å². The Morgan fingerprint density at radius 3 is 2.64 bits per heavy atom. The Morgan fingerprint density at radius 1 is 1.07 bits per heavy atom. The monoisotopic (exact) mass is 607 g/mol. The summed E-state index contributed by atoms with van der Waals surface area (Å²) in [4.78, 5) is 28.1. The fourth-order valence-electron chi connectivity index (χ4n) is 5.23. The van der Waals surface area contributed by atoms with Crippen molar-refractivity contribution in [3.63, 3.8) is 0 Å². The molecule has 1 amide bonds. The van der Waals surface area contributed by atoms with Crippen LogP contribution in [0.25, 0.3) is 22.5 Å². The van der Waals surface area contributed by atoms with Crippen LogP contribution in [0, 0.1) is 0 Å². The van der Waals surface area contributed by atoms with Crippen molar-refractivity contribution >= 4 is 44.0 Å². The summed E-state index contributed by atoms with van der Waals surface area (Å²) in [5.74, 6) is -0.133. The first-order valence-electron chi connectivity index (χ1n) is 13.2. The summed E-state index contributed by atoms with van der Waals surface area (Å²) in [5, 5.41) is 27.2. The van der Waals surface area contributed by atoms with E-state index < -0.39 is 5.76 Å². The summed E-state index contributed by atoms with van der Waals surface area (Å²) >= 11 is 0. The number of aromatic nitrogens is 5. The first-order chi connectivity index (χ1) is 19.5. The van der Waals surface area contributed by atoms with Crippen molar-refractivity contribution in [1.29, 1.82) is 0 Å². The predicted molar refractivity (Wildman–Crippen MR) is 168 cm³/mol. The zero-order valence-corrected chi connectivity index (χ0v) is 24.7. The van der Waals surface area contributed by atoms with E-state index in [1.54, 1.807) is 16.7 Å². The van der Waals surface area contributed by atoms with Crippen molar-refractivity contribution in [2.75, 3.05) is 19.6 Å². The molecule has 3 heterocycles. The molecule has 1 aliphatic heterocycles.